The average Bonchev–Trinajstić information content (AvgIpc) is 2.38. The standard InChI is InChI=1S/C13H17N3O2S/c1-9-5-6-12(11-4-3-7-15-13(9)11)19(17,18)16-10(2)8-14/h3-7,10,16H,8,14H2,1-2H3/t10-/m1/s1. The maximum absolute atomic E-state index is 12.3. The molecule has 6 heteroatoms. The first-order valence-corrected chi connectivity index (χ1v) is 7.51. The highest BCUT2D eigenvalue weighted by molar-refractivity contribution is 7.89. The Morgan fingerprint density at radius 2 is 2.11 bits per heavy atom. The third kappa shape index (κ3) is 2.75. The Hall–Kier alpha value is -1.50. The molecule has 2 aromatic rings. The number of aromatic nitrogens is 1. The molecule has 1 atom stereocenters. The number of nitrogens with one attached hydrogen (secondary N) is 1. The maximum Gasteiger partial charge on any atom is 0.241 e. The molecule has 0 saturated heterocycles. The second-order valence-corrected chi connectivity index (χ2v) is 6.22. The molecule has 102 valence electrons. The number of hydrogen-bond donors (Lipinski definition) is 2. The SMILES string of the molecule is Cc1ccc(S(=O)(=O)N[C@H](C)CN)c2cccnc12. The summed E-state index contributed by atoms with van der Waals surface area (Å²) in [6, 6.07) is 6.55. The van der Waals surface area contributed by atoms with Crippen molar-refractivity contribution in [3.63, 3.8) is 0 Å². The fraction of sp³-hybridized carbons (Fsp3) is 0.308. The Labute approximate surface area is 112 Å². The van der Waals surface area contributed by atoms with Crippen molar-refractivity contribution in [2.45, 2.75) is 24.8 Å². The quantitative estimate of drug-likeness (QED) is 0.879. The summed E-state index contributed by atoms with van der Waals surface area (Å²) >= 11 is 0. The van der Waals surface area contributed by atoms with Crippen LogP contribution in [0.2, 0.25) is 0 Å². The zero-order valence-electron chi connectivity index (χ0n) is 10.9. The monoisotopic (exact) mass is 279 g/mol. The highest BCUT2D eigenvalue weighted by atomic mass is 32.2. The summed E-state index contributed by atoms with van der Waals surface area (Å²) in [6.45, 7) is 3.88. The molecule has 3 N–H and O–H groups in total. The Morgan fingerprint density at radius 1 is 1.37 bits per heavy atom. The van der Waals surface area contributed by atoms with E-state index in [1.54, 1.807) is 37.4 Å². The number of nitrogens with zero attached hydrogens (tertiary/aromatic N) is 1. The van der Waals surface area contributed by atoms with E-state index in [-0.39, 0.29) is 17.5 Å². The molecule has 0 spiro atoms. The molecule has 2 rings (SSSR count). The van der Waals surface area contributed by atoms with E-state index in [2.05, 4.69) is 9.71 Å². The lowest BCUT2D eigenvalue weighted by Crippen LogP contribution is -2.37. The van der Waals surface area contributed by atoms with Crippen molar-refractivity contribution in [2.24, 2.45) is 5.73 Å². The van der Waals surface area contributed by atoms with E-state index in [0.29, 0.717) is 10.9 Å². The van der Waals surface area contributed by atoms with Gasteiger partial charge in [0.2, 0.25) is 10.0 Å². The Bertz CT molecular complexity index is 698. The van der Waals surface area contributed by atoms with Crippen LogP contribution in [0.25, 0.3) is 10.9 Å². The van der Waals surface area contributed by atoms with E-state index in [1.165, 1.54) is 0 Å². The van der Waals surface area contributed by atoms with Gasteiger partial charge in [0.1, 0.15) is 0 Å². The van der Waals surface area contributed by atoms with Gasteiger partial charge in [0, 0.05) is 24.2 Å². The molecule has 0 aliphatic carbocycles. The van der Waals surface area contributed by atoms with Gasteiger partial charge in [-0.25, -0.2) is 13.1 Å². The number of sulfonamides is 1. The van der Waals surface area contributed by atoms with Gasteiger partial charge in [0.05, 0.1) is 10.4 Å². The van der Waals surface area contributed by atoms with Crippen LogP contribution in [0.5, 0.6) is 0 Å². The first-order chi connectivity index (χ1) is 8.95. The smallest absolute Gasteiger partial charge is 0.241 e. The first kappa shape index (κ1) is 13.9. The van der Waals surface area contributed by atoms with Gasteiger partial charge in [0.15, 0.2) is 0 Å². The van der Waals surface area contributed by atoms with Crippen molar-refractivity contribution in [3.8, 4) is 0 Å². The molecular weight excluding hydrogens is 262 g/mol. The molecular formula is C13H17N3O2S. The summed E-state index contributed by atoms with van der Waals surface area (Å²) in [6.07, 6.45) is 1.65. The highest BCUT2D eigenvalue weighted by Gasteiger charge is 2.20. The van der Waals surface area contributed by atoms with E-state index in [0.717, 1.165) is 5.56 Å². The van der Waals surface area contributed by atoms with Crippen LogP contribution < -0.4 is 10.5 Å². The minimum atomic E-state index is -3.58. The molecule has 19 heavy (non-hydrogen) atoms. The minimum Gasteiger partial charge on any atom is -0.329 e. The largest absolute Gasteiger partial charge is 0.329 e. The van der Waals surface area contributed by atoms with Crippen LogP contribution in [0.3, 0.4) is 0 Å². The lowest BCUT2D eigenvalue weighted by atomic mass is 10.1. The van der Waals surface area contributed by atoms with Crippen LogP contribution in [-0.4, -0.2) is 26.0 Å². The number of rotatable bonds is 4. The van der Waals surface area contributed by atoms with Gasteiger partial charge in [-0.2, -0.15) is 0 Å². The van der Waals surface area contributed by atoms with Crippen molar-refractivity contribution < 1.29 is 8.42 Å². The number of hydrogen-bond acceptors (Lipinski definition) is 4. The lowest BCUT2D eigenvalue weighted by Gasteiger charge is -2.14. The minimum absolute atomic E-state index is 0.238. The molecule has 5 nitrogen and oxygen atoms in total. The molecule has 1 heterocycles. The van der Waals surface area contributed by atoms with Gasteiger partial charge in [-0.05, 0) is 37.6 Å². The Kier molecular flexibility index (Phi) is 3.84. The van der Waals surface area contributed by atoms with Crippen molar-refractivity contribution in [1.82, 2.24) is 9.71 Å². The zero-order valence-corrected chi connectivity index (χ0v) is 11.7. The summed E-state index contributed by atoms with van der Waals surface area (Å²) in [4.78, 5) is 4.47. The number of aryl methyl sites for hydroxylation is 1. The van der Waals surface area contributed by atoms with Crippen LogP contribution in [0, 0.1) is 6.92 Å². The van der Waals surface area contributed by atoms with Crippen molar-refractivity contribution >= 4 is 20.9 Å². The van der Waals surface area contributed by atoms with Crippen molar-refractivity contribution in [3.05, 3.63) is 36.0 Å². The van der Waals surface area contributed by atoms with Gasteiger partial charge in [-0.15, -0.1) is 0 Å². The topological polar surface area (TPSA) is 85.1 Å². The highest BCUT2D eigenvalue weighted by Crippen LogP contribution is 2.24. The van der Waals surface area contributed by atoms with E-state index < -0.39 is 10.0 Å². The molecule has 0 saturated carbocycles. The van der Waals surface area contributed by atoms with E-state index in [1.807, 2.05) is 6.92 Å². The Morgan fingerprint density at radius 3 is 2.79 bits per heavy atom. The fourth-order valence-corrected chi connectivity index (χ4v) is 3.35. The molecule has 0 aliphatic heterocycles. The Balaban J connectivity index is 2.60. The van der Waals surface area contributed by atoms with Crippen molar-refractivity contribution in [1.29, 1.82) is 0 Å². The number of fused-ring (bicyclic) bond motifs is 1. The summed E-state index contributed by atoms with van der Waals surface area (Å²) in [7, 11) is -3.58. The third-order valence-electron chi connectivity index (χ3n) is 2.93. The van der Waals surface area contributed by atoms with E-state index in [9.17, 15) is 8.42 Å². The maximum atomic E-state index is 12.3. The summed E-state index contributed by atoms with van der Waals surface area (Å²) in [5.41, 5.74) is 7.10. The molecule has 0 radical (unpaired) electrons. The summed E-state index contributed by atoms with van der Waals surface area (Å²) < 4.78 is 27.2. The van der Waals surface area contributed by atoms with E-state index >= 15 is 0 Å². The molecule has 0 fully saturated rings. The second kappa shape index (κ2) is 5.24. The summed E-state index contributed by atoms with van der Waals surface area (Å²) in [5, 5.41) is 0.624. The van der Waals surface area contributed by atoms with Gasteiger partial charge >= 0.3 is 0 Å². The second-order valence-electron chi connectivity index (χ2n) is 4.54. The lowest BCUT2D eigenvalue weighted by molar-refractivity contribution is 0.563. The van der Waals surface area contributed by atoms with Crippen molar-refractivity contribution in [2.75, 3.05) is 6.54 Å². The molecule has 0 aliphatic rings. The fourth-order valence-electron chi connectivity index (χ4n) is 1.90. The van der Waals surface area contributed by atoms with Crippen LogP contribution in [0.4, 0.5) is 0 Å². The van der Waals surface area contributed by atoms with Crippen LogP contribution in [0.15, 0.2) is 35.4 Å². The van der Waals surface area contributed by atoms with Crippen LogP contribution in [0.1, 0.15) is 12.5 Å². The van der Waals surface area contributed by atoms with E-state index in [4.69, 9.17) is 5.73 Å². The zero-order chi connectivity index (χ0) is 14.0. The number of benzene rings is 1. The number of pyridine rings is 1. The molecule has 0 amide bonds. The molecule has 1 aromatic carbocycles. The summed E-state index contributed by atoms with van der Waals surface area (Å²) in [5.74, 6) is 0. The molecule has 0 bridgehead atoms. The van der Waals surface area contributed by atoms with Gasteiger partial charge in [-0.3, -0.25) is 4.98 Å². The van der Waals surface area contributed by atoms with Crippen LogP contribution >= 0.6 is 0 Å². The average molecular weight is 279 g/mol. The first-order valence-electron chi connectivity index (χ1n) is 6.02. The van der Waals surface area contributed by atoms with Crippen LogP contribution in [-0.2, 0) is 10.0 Å². The normalized spacial score (nSPS) is 13.6. The third-order valence-corrected chi connectivity index (χ3v) is 4.58. The number of nitrogens with two attached hydrogens (primary N) is 1. The van der Waals surface area contributed by atoms with Gasteiger partial charge < -0.3 is 5.73 Å². The molecule has 1 aromatic heterocycles. The van der Waals surface area contributed by atoms with Gasteiger partial charge in [-0.1, -0.05) is 6.07 Å². The van der Waals surface area contributed by atoms with Gasteiger partial charge in [0.25, 0.3) is 0 Å². The predicted molar refractivity (Wildman–Crippen MR) is 75.3 cm³/mol. The predicted octanol–water partition coefficient (Wildman–Crippen LogP) is 1.17. The molecule has 0 unspecified atom stereocenters.